The molecule has 1 N–H and O–H groups in total. The molecule has 5 nitrogen and oxygen atoms in total. The maximum Gasteiger partial charge on any atom is 0.329 e. The van der Waals surface area contributed by atoms with E-state index in [0.29, 0.717) is 5.92 Å². The lowest BCUT2D eigenvalue weighted by Gasteiger charge is -2.22. The van der Waals surface area contributed by atoms with E-state index in [0.717, 1.165) is 48.8 Å². The van der Waals surface area contributed by atoms with E-state index < -0.39 is 5.97 Å². The van der Waals surface area contributed by atoms with Gasteiger partial charge in [0.15, 0.2) is 6.10 Å². The van der Waals surface area contributed by atoms with Crippen LogP contribution in [0.2, 0.25) is 0 Å². The molecule has 2 atom stereocenters. The summed E-state index contributed by atoms with van der Waals surface area (Å²) in [5.74, 6) is -0.625. The van der Waals surface area contributed by atoms with E-state index in [2.05, 4.69) is 17.3 Å². The molecule has 1 aliphatic carbocycles. The zero-order chi connectivity index (χ0) is 23.6. The third-order valence-corrected chi connectivity index (χ3v) is 6.32. The molecule has 1 saturated carbocycles. The predicted molar refractivity (Wildman–Crippen MR) is 133 cm³/mol. The highest BCUT2D eigenvalue weighted by molar-refractivity contribution is 5.81. The number of ether oxygens (including phenoxy) is 1. The average Bonchev–Trinajstić information content (AvgIpc) is 3.12. The molecule has 0 spiro atoms. The second kappa shape index (κ2) is 12.1. The molecule has 2 unspecified atom stereocenters. The van der Waals surface area contributed by atoms with Gasteiger partial charge in [-0.05, 0) is 47.4 Å². The summed E-state index contributed by atoms with van der Waals surface area (Å²) in [7, 11) is 0. The number of nitrogens with zero attached hydrogens (tertiary/aromatic N) is 1. The number of benzene rings is 3. The highest BCUT2D eigenvalue weighted by Crippen LogP contribution is 2.34. The lowest BCUT2D eigenvalue weighted by atomic mass is 9.88. The van der Waals surface area contributed by atoms with Gasteiger partial charge in [0.1, 0.15) is 6.61 Å². The Kier molecular flexibility index (Phi) is 8.47. The van der Waals surface area contributed by atoms with Crippen molar-refractivity contribution in [3.8, 4) is 0 Å². The number of aliphatic carboxylic acids is 1. The Morgan fingerprint density at radius 1 is 0.912 bits per heavy atom. The van der Waals surface area contributed by atoms with Gasteiger partial charge in [0.2, 0.25) is 0 Å². The first-order chi connectivity index (χ1) is 16.7. The number of hydrogen-bond donors (Lipinski definition) is 1. The van der Waals surface area contributed by atoms with Gasteiger partial charge in [-0.3, -0.25) is 0 Å². The van der Waals surface area contributed by atoms with Crippen molar-refractivity contribution < 1.29 is 19.5 Å². The van der Waals surface area contributed by atoms with E-state index in [1.165, 1.54) is 5.56 Å². The first kappa shape index (κ1) is 23.7. The fourth-order valence-electron chi connectivity index (χ4n) is 4.66. The molecule has 34 heavy (non-hydrogen) atoms. The Morgan fingerprint density at radius 3 is 2.21 bits per heavy atom. The zero-order valence-electron chi connectivity index (χ0n) is 19.3. The van der Waals surface area contributed by atoms with Crippen LogP contribution in [0, 0.1) is 0 Å². The summed E-state index contributed by atoms with van der Waals surface area (Å²) in [6, 6.07) is 28.4. The van der Waals surface area contributed by atoms with Crippen molar-refractivity contribution in [2.45, 2.75) is 50.2 Å². The summed E-state index contributed by atoms with van der Waals surface area (Å²) in [5.41, 5.74) is 4.31. The van der Waals surface area contributed by atoms with Gasteiger partial charge >= 0.3 is 5.97 Å². The van der Waals surface area contributed by atoms with Crippen molar-refractivity contribution in [1.82, 2.24) is 0 Å². The van der Waals surface area contributed by atoms with Crippen LogP contribution in [0.5, 0.6) is 0 Å². The topological polar surface area (TPSA) is 68.1 Å². The minimum Gasteiger partial charge on any atom is -0.480 e. The van der Waals surface area contributed by atoms with E-state index in [4.69, 9.17) is 14.7 Å². The average molecular weight is 458 g/mol. The summed E-state index contributed by atoms with van der Waals surface area (Å²) < 4.78 is 5.67. The molecule has 176 valence electrons. The van der Waals surface area contributed by atoms with Crippen LogP contribution < -0.4 is 0 Å². The maximum atomic E-state index is 11.0. The minimum absolute atomic E-state index is 0.0367. The number of carboxylic acids is 1. The Balaban J connectivity index is 1.52. The van der Waals surface area contributed by atoms with Crippen molar-refractivity contribution >= 4 is 12.2 Å². The Hall–Kier alpha value is -3.44. The van der Waals surface area contributed by atoms with Crippen LogP contribution in [-0.2, 0) is 14.4 Å². The summed E-state index contributed by atoms with van der Waals surface area (Å²) >= 11 is 0. The summed E-state index contributed by atoms with van der Waals surface area (Å²) in [6.07, 6.45) is 6.39. The molecule has 0 radical (unpaired) electrons. The van der Waals surface area contributed by atoms with Crippen LogP contribution >= 0.6 is 0 Å². The van der Waals surface area contributed by atoms with Gasteiger partial charge in [-0.2, -0.15) is 0 Å². The van der Waals surface area contributed by atoms with Crippen molar-refractivity contribution in [3.63, 3.8) is 0 Å². The normalized spacial score (nSPS) is 18.6. The molecule has 0 saturated heterocycles. The van der Waals surface area contributed by atoms with Crippen molar-refractivity contribution in [1.29, 1.82) is 0 Å². The second-order valence-electron chi connectivity index (χ2n) is 8.71. The molecule has 1 aliphatic rings. The monoisotopic (exact) mass is 457 g/mol. The van der Waals surface area contributed by atoms with Crippen LogP contribution in [0.4, 0.5) is 0 Å². The third kappa shape index (κ3) is 6.55. The molecule has 1 fully saturated rings. The number of carboxylic acid groups (broad SMARTS) is 1. The van der Waals surface area contributed by atoms with Crippen LogP contribution in [0.15, 0.2) is 90.1 Å². The number of oxime groups is 1. The molecule has 0 amide bonds. The van der Waals surface area contributed by atoms with Gasteiger partial charge in [0, 0.05) is 0 Å². The fourth-order valence-corrected chi connectivity index (χ4v) is 4.66. The highest BCUT2D eigenvalue weighted by Gasteiger charge is 2.24. The molecule has 0 aromatic heterocycles. The second-order valence-corrected chi connectivity index (χ2v) is 8.71. The predicted octanol–water partition coefficient (Wildman–Crippen LogP) is 6.34. The quantitative estimate of drug-likeness (QED) is 0.231. The van der Waals surface area contributed by atoms with Crippen LogP contribution in [0.3, 0.4) is 0 Å². The van der Waals surface area contributed by atoms with E-state index in [-0.39, 0.29) is 18.8 Å². The summed E-state index contributed by atoms with van der Waals surface area (Å²) in [5, 5.41) is 13.4. The number of carbonyl (C=O) groups is 1. The Labute approximate surface area is 201 Å². The lowest BCUT2D eigenvalue weighted by molar-refractivity contribution is -0.144. The minimum atomic E-state index is -0.920. The third-order valence-electron chi connectivity index (χ3n) is 6.32. The molecular weight excluding hydrogens is 426 g/mol. The van der Waals surface area contributed by atoms with Crippen LogP contribution in [0.25, 0.3) is 0 Å². The molecule has 3 aromatic carbocycles. The van der Waals surface area contributed by atoms with Crippen molar-refractivity contribution in [2.24, 2.45) is 5.16 Å². The fraction of sp³-hybridized carbons (Fsp3) is 0.310. The SMILES string of the molecule is O=C(O)COC1CCCCC(c2ccccc2C=NOC(c2ccccc2)c2ccccc2)C1. The molecule has 0 heterocycles. The molecular formula is C29H31NO4. The Bertz CT molecular complexity index is 1030. The zero-order valence-corrected chi connectivity index (χ0v) is 19.3. The standard InChI is InChI=1S/C29H31NO4/c31-28(32)21-33-26-17-9-7-15-24(19-26)27-18-10-8-16-25(27)20-30-34-29(22-11-3-1-4-12-22)23-13-5-2-6-14-23/h1-6,8,10-14,16,18,20,24,26,29H,7,9,15,17,19,21H2,(H,31,32). The molecule has 0 aliphatic heterocycles. The molecule has 0 bridgehead atoms. The van der Waals surface area contributed by atoms with Gasteiger partial charge in [-0.1, -0.05) is 103 Å². The lowest BCUT2D eigenvalue weighted by Crippen LogP contribution is -2.19. The van der Waals surface area contributed by atoms with Crippen molar-refractivity contribution in [2.75, 3.05) is 6.61 Å². The summed E-state index contributed by atoms with van der Waals surface area (Å²) in [4.78, 5) is 17.0. The van der Waals surface area contributed by atoms with E-state index in [9.17, 15) is 4.79 Å². The van der Waals surface area contributed by atoms with Crippen LogP contribution in [-0.4, -0.2) is 30.0 Å². The highest BCUT2D eigenvalue weighted by atomic mass is 16.6. The van der Waals surface area contributed by atoms with E-state index >= 15 is 0 Å². The van der Waals surface area contributed by atoms with Gasteiger partial charge < -0.3 is 14.7 Å². The summed E-state index contributed by atoms with van der Waals surface area (Å²) in [6.45, 7) is -0.241. The van der Waals surface area contributed by atoms with Gasteiger partial charge in [-0.25, -0.2) is 4.79 Å². The van der Waals surface area contributed by atoms with E-state index in [1.807, 2.05) is 72.8 Å². The van der Waals surface area contributed by atoms with Gasteiger partial charge in [-0.15, -0.1) is 0 Å². The molecule has 4 rings (SSSR count). The number of rotatable bonds is 9. The Morgan fingerprint density at radius 2 is 1.53 bits per heavy atom. The molecule has 5 heteroatoms. The van der Waals surface area contributed by atoms with E-state index in [1.54, 1.807) is 6.21 Å². The molecule has 3 aromatic rings. The van der Waals surface area contributed by atoms with Gasteiger partial charge in [0.25, 0.3) is 0 Å². The maximum absolute atomic E-state index is 11.0. The first-order valence-electron chi connectivity index (χ1n) is 11.9. The first-order valence-corrected chi connectivity index (χ1v) is 11.9. The van der Waals surface area contributed by atoms with Gasteiger partial charge in [0.05, 0.1) is 12.3 Å². The van der Waals surface area contributed by atoms with Crippen LogP contribution in [0.1, 0.15) is 66.4 Å². The van der Waals surface area contributed by atoms with Crippen molar-refractivity contribution in [3.05, 3.63) is 107 Å². The number of hydrogen-bond acceptors (Lipinski definition) is 4. The smallest absolute Gasteiger partial charge is 0.329 e. The largest absolute Gasteiger partial charge is 0.480 e.